The van der Waals surface area contributed by atoms with Crippen molar-refractivity contribution in [2.75, 3.05) is 24.5 Å². The first-order valence-corrected chi connectivity index (χ1v) is 8.05. The van der Waals surface area contributed by atoms with Crippen molar-refractivity contribution in [3.8, 4) is 6.07 Å². The van der Waals surface area contributed by atoms with E-state index < -0.39 is 6.09 Å². The zero-order chi connectivity index (χ0) is 16.6. The molecule has 1 amide bonds. The Labute approximate surface area is 136 Å². The Morgan fingerprint density at radius 3 is 2.61 bits per heavy atom. The Hall–Kier alpha value is -2.26. The summed E-state index contributed by atoms with van der Waals surface area (Å²) in [4.78, 5) is 15.1. The lowest BCUT2D eigenvalue weighted by Gasteiger charge is -2.41. The van der Waals surface area contributed by atoms with Crippen LogP contribution in [0, 0.1) is 11.3 Å². The first-order chi connectivity index (χ1) is 11.0. The second kappa shape index (κ2) is 6.09. The number of fused-ring (bicyclic) bond motifs is 2. The average molecular weight is 314 g/mol. The van der Waals surface area contributed by atoms with Crippen molar-refractivity contribution >= 4 is 11.8 Å². The standard InChI is InChI=1S/C17H22N4O2/c1-11(7-18)12-2-5-16(13(6-12)8-19)20-9-14-3-4-15(10-20)21(14)17(22)23/h2,5-6,11,14-15H,3-4,7,9-10,18H2,1H3,(H,22,23). The minimum Gasteiger partial charge on any atom is -0.465 e. The van der Waals surface area contributed by atoms with Gasteiger partial charge in [-0.25, -0.2) is 4.79 Å². The van der Waals surface area contributed by atoms with Gasteiger partial charge in [0.2, 0.25) is 0 Å². The summed E-state index contributed by atoms with van der Waals surface area (Å²) in [6.07, 6.45) is 0.972. The molecule has 2 aliphatic heterocycles. The van der Waals surface area contributed by atoms with Gasteiger partial charge in [-0.2, -0.15) is 5.26 Å². The number of hydrogen-bond donors (Lipinski definition) is 2. The van der Waals surface area contributed by atoms with Crippen molar-refractivity contribution in [2.45, 2.75) is 37.8 Å². The summed E-state index contributed by atoms with van der Waals surface area (Å²) in [5.74, 6) is 0.219. The molecule has 6 heteroatoms. The van der Waals surface area contributed by atoms with Gasteiger partial charge in [-0.15, -0.1) is 0 Å². The zero-order valence-corrected chi connectivity index (χ0v) is 13.3. The molecule has 1 aromatic rings. The third-order valence-electron chi connectivity index (χ3n) is 5.11. The maximum Gasteiger partial charge on any atom is 0.407 e. The van der Waals surface area contributed by atoms with Gasteiger partial charge in [0.05, 0.1) is 23.3 Å². The molecule has 0 aromatic heterocycles. The van der Waals surface area contributed by atoms with E-state index in [1.807, 2.05) is 25.1 Å². The van der Waals surface area contributed by atoms with Gasteiger partial charge >= 0.3 is 6.09 Å². The molecular formula is C17H22N4O2. The molecule has 1 aromatic carbocycles. The number of amides is 1. The Bertz CT molecular complexity index is 640. The minimum atomic E-state index is -0.829. The number of carboxylic acid groups (broad SMARTS) is 1. The number of rotatable bonds is 3. The molecule has 2 heterocycles. The summed E-state index contributed by atoms with van der Waals surface area (Å²) >= 11 is 0. The monoisotopic (exact) mass is 314 g/mol. The van der Waals surface area contributed by atoms with Gasteiger partial charge in [-0.1, -0.05) is 13.0 Å². The van der Waals surface area contributed by atoms with Crippen LogP contribution in [0.15, 0.2) is 18.2 Å². The van der Waals surface area contributed by atoms with E-state index in [-0.39, 0.29) is 18.0 Å². The molecule has 3 N–H and O–H groups in total. The molecule has 122 valence electrons. The topological polar surface area (TPSA) is 93.6 Å². The molecule has 6 nitrogen and oxygen atoms in total. The van der Waals surface area contributed by atoms with Crippen LogP contribution in [0.3, 0.4) is 0 Å². The molecule has 23 heavy (non-hydrogen) atoms. The quantitative estimate of drug-likeness (QED) is 0.889. The van der Waals surface area contributed by atoms with Crippen molar-refractivity contribution in [1.82, 2.24) is 4.90 Å². The SMILES string of the molecule is CC(CN)c1ccc(N2CC3CCC(C2)N3C(=O)O)c(C#N)c1. The zero-order valence-electron chi connectivity index (χ0n) is 13.3. The molecule has 0 saturated carbocycles. The normalized spacial score (nSPS) is 24.4. The van der Waals surface area contributed by atoms with Crippen LogP contribution in [0.4, 0.5) is 10.5 Å². The molecule has 3 atom stereocenters. The van der Waals surface area contributed by atoms with E-state index in [0.29, 0.717) is 25.2 Å². The predicted octanol–water partition coefficient (Wildman–Crippen LogP) is 1.95. The van der Waals surface area contributed by atoms with Crippen molar-refractivity contribution in [3.05, 3.63) is 29.3 Å². The Morgan fingerprint density at radius 2 is 2.09 bits per heavy atom. The molecule has 2 saturated heterocycles. The number of hydrogen-bond acceptors (Lipinski definition) is 4. The van der Waals surface area contributed by atoms with E-state index in [4.69, 9.17) is 5.73 Å². The maximum absolute atomic E-state index is 11.4. The summed E-state index contributed by atoms with van der Waals surface area (Å²) in [5.41, 5.74) is 8.33. The highest BCUT2D eigenvalue weighted by molar-refractivity contribution is 5.68. The van der Waals surface area contributed by atoms with Gasteiger partial charge in [-0.05, 0) is 43.0 Å². The Kier molecular flexibility index (Phi) is 4.14. The fourth-order valence-corrected chi connectivity index (χ4v) is 3.77. The van der Waals surface area contributed by atoms with Crippen LogP contribution >= 0.6 is 0 Å². The summed E-state index contributed by atoms with van der Waals surface area (Å²) < 4.78 is 0. The Balaban J connectivity index is 1.86. The van der Waals surface area contributed by atoms with Crippen molar-refractivity contribution in [2.24, 2.45) is 5.73 Å². The van der Waals surface area contributed by atoms with Gasteiger partial charge in [-0.3, -0.25) is 4.90 Å². The molecule has 2 aliphatic rings. The molecule has 3 rings (SSSR count). The first kappa shape index (κ1) is 15.6. The third kappa shape index (κ3) is 2.73. The summed E-state index contributed by atoms with van der Waals surface area (Å²) in [7, 11) is 0. The molecule has 3 unspecified atom stereocenters. The van der Waals surface area contributed by atoms with Crippen LogP contribution in [0.1, 0.15) is 36.8 Å². The second-order valence-electron chi connectivity index (χ2n) is 6.50. The van der Waals surface area contributed by atoms with E-state index in [0.717, 1.165) is 24.1 Å². The molecule has 2 fully saturated rings. The smallest absolute Gasteiger partial charge is 0.407 e. The Morgan fingerprint density at radius 1 is 1.43 bits per heavy atom. The van der Waals surface area contributed by atoms with Gasteiger partial charge in [0, 0.05) is 13.1 Å². The summed E-state index contributed by atoms with van der Waals surface area (Å²) in [5, 5.41) is 18.8. The molecule has 2 bridgehead atoms. The van der Waals surface area contributed by atoms with Crippen LogP contribution in [0.25, 0.3) is 0 Å². The largest absolute Gasteiger partial charge is 0.465 e. The number of carbonyl (C=O) groups is 1. The van der Waals surface area contributed by atoms with Crippen LogP contribution in [0.5, 0.6) is 0 Å². The minimum absolute atomic E-state index is 0.0282. The van der Waals surface area contributed by atoms with Crippen LogP contribution in [-0.2, 0) is 0 Å². The number of nitrogens with two attached hydrogens (primary N) is 1. The van der Waals surface area contributed by atoms with Crippen LogP contribution in [-0.4, -0.2) is 47.8 Å². The van der Waals surface area contributed by atoms with Crippen LogP contribution < -0.4 is 10.6 Å². The third-order valence-corrected chi connectivity index (χ3v) is 5.11. The highest BCUT2D eigenvalue weighted by Gasteiger charge is 2.43. The van der Waals surface area contributed by atoms with Gasteiger partial charge in [0.1, 0.15) is 6.07 Å². The molecule has 0 spiro atoms. The number of benzene rings is 1. The van der Waals surface area contributed by atoms with Crippen LogP contribution in [0.2, 0.25) is 0 Å². The fourth-order valence-electron chi connectivity index (χ4n) is 3.77. The summed E-state index contributed by atoms with van der Waals surface area (Å²) in [6.45, 7) is 3.90. The van der Waals surface area contributed by atoms with E-state index in [1.165, 1.54) is 0 Å². The lowest BCUT2D eigenvalue weighted by atomic mass is 9.97. The molecular weight excluding hydrogens is 292 g/mol. The van der Waals surface area contributed by atoms with E-state index in [1.54, 1.807) is 4.90 Å². The highest BCUT2D eigenvalue weighted by atomic mass is 16.4. The second-order valence-corrected chi connectivity index (χ2v) is 6.50. The number of nitrogens with zero attached hydrogens (tertiary/aromatic N) is 3. The highest BCUT2D eigenvalue weighted by Crippen LogP contribution is 2.34. The average Bonchev–Trinajstić information content (AvgIpc) is 2.84. The lowest BCUT2D eigenvalue weighted by Crippen LogP contribution is -2.55. The van der Waals surface area contributed by atoms with Gasteiger partial charge in [0.25, 0.3) is 0 Å². The molecule has 0 aliphatic carbocycles. The van der Waals surface area contributed by atoms with Crippen molar-refractivity contribution < 1.29 is 9.90 Å². The molecule has 0 radical (unpaired) electrons. The number of piperazine rings is 1. The van der Waals surface area contributed by atoms with Crippen molar-refractivity contribution in [3.63, 3.8) is 0 Å². The van der Waals surface area contributed by atoms with E-state index >= 15 is 0 Å². The predicted molar refractivity (Wildman–Crippen MR) is 87.5 cm³/mol. The van der Waals surface area contributed by atoms with Crippen molar-refractivity contribution in [1.29, 1.82) is 5.26 Å². The number of nitriles is 1. The lowest BCUT2D eigenvalue weighted by molar-refractivity contribution is 0.115. The van der Waals surface area contributed by atoms with E-state index in [2.05, 4.69) is 11.0 Å². The van der Waals surface area contributed by atoms with Gasteiger partial charge in [0.15, 0.2) is 0 Å². The van der Waals surface area contributed by atoms with E-state index in [9.17, 15) is 15.2 Å². The first-order valence-electron chi connectivity index (χ1n) is 8.05. The number of anilines is 1. The summed E-state index contributed by atoms with van der Waals surface area (Å²) in [6, 6.07) is 8.26. The van der Waals surface area contributed by atoms with Gasteiger partial charge < -0.3 is 15.7 Å². The fraction of sp³-hybridized carbons (Fsp3) is 0.529. The maximum atomic E-state index is 11.4.